The number of anilines is 5. The molecule has 0 atom stereocenters. The lowest BCUT2D eigenvalue weighted by molar-refractivity contribution is 0.632. The average molecular weight is 769 g/mol. The molecule has 0 aromatic heterocycles. The Kier molecular flexibility index (Phi) is 6.50. The van der Waals surface area contributed by atoms with Crippen LogP contribution in [0.25, 0.3) is 44.5 Å². The third kappa shape index (κ3) is 4.06. The summed E-state index contributed by atoms with van der Waals surface area (Å²) in [7, 11) is 0. The molecule has 0 N–H and O–H groups in total. The van der Waals surface area contributed by atoms with E-state index < -0.39 is 0 Å². The zero-order valence-electron chi connectivity index (χ0n) is 35.1. The van der Waals surface area contributed by atoms with E-state index in [-0.39, 0.29) is 23.1 Å². The van der Waals surface area contributed by atoms with Crippen LogP contribution in [0.5, 0.6) is 0 Å². The first-order valence-corrected chi connectivity index (χ1v) is 21.6. The van der Waals surface area contributed by atoms with Gasteiger partial charge in [-0.05, 0) is 102 Å². The summed E-state index contributed by atoms with van der Waals surface area (Å²) in [4.78, 5) is 5.48. The van der Waals surface area contributed by atoms with Crippen molar-refractivity contribution in [2.75, 3.05) is 9.71 Å². The van der Waals surface area contributed by atoms with E-state index in [4.69, 9.17) is 0 Å². The van der Waals surface area contributed by atoms with Crippen LogP contribution in [0.15, 0.2) is 164 Å². The van der Waals surface area contributed by atoms with Gasteiger partial charge in [-0.2, -0.15) is 0 Å². The van der Waals surface area contributed by atoms with Gasteiger partial charge in [0.1, 0.15) is 0 Å². The number of fused-ring (bicyclic) bond motifs is 13. The molecule has 0 fully saturated rings. The molecule has 8 aromatic rings. The van der Waals surface area contributed by atoms with Crippen LogP contribution in [-0.4, -0.2) is 6.85 Å². The van der Waals surface area contributed by atoms with E-state index in [1.165, 1.54) is 117 Å². The fraction of sp³-hybridized carbons (Fsp3) is 0.158. The molecule has 0 spiro atoms. The minimum atomic E-state index is -0.207. The fourth-order valence-electron chi connectivity index (χ4n) is 12.4. The second-order valence-electron chi connectivity index (χ2n) is 19.2. The topological polar surface area (TPSA) is 6.48 Å². The second-order valence-corrected chi connectivity index (χ2v) is 19.2. The summed E-state index contributed by atoms with van der Waals surface area (Å²) < 4.78 is 0. The van der Waals surface area contributed by atoms with Crippen molar-refractivity contribution in [1.29, 1.82) is 0 Å². The zero-order valence-corrected chi connectivity index (χ0v) is 35.1. The lowest BCUT2D eigenvalue weighted by Crippen LogP contribution is -2.63. The second kappa shape index (κ2) is 11.4. The summed E-state index contributed by atoms with van der Waals surface area (Å²) in [5.74, 6) is 0. The van der Waals surface area contributed by atoms with Crippen molar-refractivity contribution in [3.05, 3.63) is 197 Å². The summed E-state index contributed by atoms with van der Waals surface area (Å²) in [5.41, 5.74) is 27.5. The first-order valence-electron chi connectivity index (χ1n) is 21.6. The lowest BCUT2D eigenvalue weighted by Gasteiger charge is -2.51. The highest BCUT2D eigenvalue weighted by atomic mass is 15.2. The van der Waals surface area contributed by atoms with Crippen molar-refractivity contribution in [2.45, 2.75) is 57.8 Å². The van der Waals surface area contributed by atoms with Crippen molar-refractivity contribution < 1.29 is 0 Å². The number of benzene rings is 8. The Morgan fingerprint density at radius 3 is 1.80 bits per heavy atom. The molecule has 2 nitrogen and oxygen atoms in total. The molecule has 8 aromatic carbocycles. The highest BCUT2D eigenvalue weighted by Gasteiger charge is 2.53. The molecule has 5 aliphatic rings. The first-order chi connectivity index (χ1) is 29.1. The molecule has 0 amide bonds. The molecule has 60 heavy (non-hydrogen) atoms. The Morgan fingerprint density at radius 1 is 0.383 bits per heavy atom. The van der Waals surface area contributed by atoms with Gasteiger partial charge in [0.15, 0.2) is 0 Å². The Balaban J connectivity index is 1.22. The number of rotatable bonds is 2. The Hall–Kier alpha value is -6.58. The van der Waals surface area contributed by atoms with Gasteiger partial charge in [-0.3, -0.25) is 0 Å². The molecule has 13 rings (SSSR count). The van der Waals surface area contributed by atoms with Crippen LogP contribution in [0.2, 0.25) is 0 Å². The number of nitrogens with zero attached hydrogens (tertiary/aromatic N) is 2. The maximum atomic E-state index is 2.78. The van der Waals surface area contributed by atoms with Gasteiger partial charge in [-0.1, -0.05) is 181 Å². The number of para-hydroxylation sites is 2. The Morgan fingerprint density at radius 2 is 1.00 bits per heavy atom. The van der Waals surface area contributed by atoms with Gasteiger partial charge in [-0.15, -0.1) is 0 Å². The van der Waals surface area contributed by atoms with Gasteiger partial charge in [0.05, 0.1) is 11.4 Å². The summed E-state index contributed by atoms with van der Waals surface area (Å²) in [6, 6.07) is 62.6. The van der Waals surface area contributed by atoms with Crippen LogP contribution < -0.4 is 20.6 Å². The first kappa shape index (κ1) is 34.3. The van der Waals surface area contributed by atoms with Crippen LogP contribution in [0.1, 0.15) is 74.9 Å². The minimum absolute atomic E-state index is 0.0898. The van der Waals surface area contributed by atoms with Gasteiger partial charge in [-0.25, -0.2) is 0 Å². The van der Waals surface area contributed by atoms with Crippen molar-refractivity contribution in [1.82, 2.24) is 0 Å². The monoisotopic (exact) mass is 768 g/mol. The van der Waals surface area contributed by atoms with Gasteiger partial charge in [0, 0.05) is 44.4 Å². The third-order valence-electron chi connectivity index (χ3n) is 15.2. The van der Waals surface area contributed by atoms with Gasteiger partial charge in [0.25, 0.3) is 0 Å². The molecule has 0 saturated heterocycles. The molecule has 3 heterocycles. The van der Waals surface area contributed by atoms with E-state index in [9.17, 15) is 0 Å². The average Bonchev–Trinajstić information content (AvgIpc) is 3.65. The van der Waals surface area contributed by atoms with E-state index in [2.05, 4.69) is 215 Å². The van der Waals surface area contributed by atoms with Gasteiger partial charge < -0.3 is 9.71 Å². The fourth-order valence-corrected chi connectivity index (χ4v) is 12.4. The molecular weight excluding hydrogens is 723 g/mol. The van der Waals surface area contributed by atoms with Crippen LogP contribution in [-0.2, 0) is 16.2 Å². The molecule has 0 radical (unpaired) electrons. The van der Waals surface area contributed by atoms with E-state index in [1.807, 2.05) is 0 Å². The van der Waals surface area contributed by atoms with Crippen molar-refractivity contribution in [3.63, 3.8) is 0 Å². The summed E-state index contributed by atoms with van der Waals surface area (Å²) in [6.07, 6.45) is 0. The van der Waals surface area contributed by atoms with Crippen LogP contribution in [0, 0.1) is 0 Å². The minimum Gasteiger partial charge on any atom is -0.376 e. The van der Waals surface area contributed by atoms with E-state index >= 15 is 0 Å². The smallest absolute Gasteiger partial charge is 0.333 e. The van der Waals surface area contributed by atoms with E-state index in [0.29, 0.717) is 0 Å². The molecule has 2 aliphatic carbocycles. The van der Waals surface area contributed by atoms with E-state index in [1.54, 1.807) is 0 Å². The summed E-state index contributed by atoms with van der Waals surface area (Å²) in [6.45, 7) is 14.5. The normalized spacial score (nSPS) is 16.8. The SMILES string of the molecule is CC1(C)c2ccccc2-c2c1cc1c3c2N2c4ccccc4C(C)(C)c4cccc(c42)B3N(c2cccc3c2C(C)(C)c2ccccc2-3)c2cc(-c3ccccc3)ccc2-1. The summed E-state index contributed by atoms with van der Waals surface area (Å²) in [5, 5.41) is 0. The molecule has 0 saturated carbocycles. The molecule has 286 valence electrons. The molecule has 3 aliphatic heterocycles. The predicted molar refractivity (Wildman–Crippen MR) is 253 cm³/mol. The van der Waals surface area contributed by atoms with Crippen LogP contribution in [0.3, 0.4) is 0 Å². The molecule has 0 bridgehead atoms. The molecule has 0 unspecified atom stereocenters. The number of hydrogen-bond acceptors (Lipinski definition) is 2. The highest BCUT2D eigenvalue weighted by Crippen LogP contribution is 2.62. The predicted octanol–water partition coefficient (Wildman–Crippen LogP) is 13.3. The van der Waals surface area contributed by atoms with Crippen molar-refractivity contribution >= 4 is 46.2 Å². The maximum Gasteiger partial charge on any atom is 0.333 e. The largest absolute Gasteiger partial charge is 0.376 e. The van der Waals surface area contributed by atoms with Crippen molar-refractivity contribution in [2.24, 2.45) is 0 Å². The van der Waals surface area contributed by atoms with Crippen LogP contribution >= 0.6 is 0 Å². The van der Waals surface area contributed by atoms with Gasteiger partial charge in [0.2, 0.25) is 0 Å². The standard InChI is InChI=1S/C57H45BN2/c1-55(2)42-24-13-11-21-39(42)50-45(55)33-40-37-31-30-35(34-18-8-7-9-19-34)32-49(37)60(48-29-16-22-38-36-20-10-12-23-41(36)57(5,6)51(38)48)58-46-27-17-26-44-53(46)59(54(50)52(40)58)47-28-15-14-25-43(47)56(44,3)4/h7-33H,1-6H3. The lowest BCUT2D eigenvalue weighted by atomic mass is 9.42. The molecular formula is C57H45BN2. The quantitative estimate of drug-likeness (QED) is 0.162. The number of hydrogen-bond donors (Lipinski definition) is 0. The van der Waals surface area contributed by atoms with E-state index in [0.717, 1.165) is 0 Å². The Bertz CT molecular complexity index is 3210. The third-order valence-corrected chi connectivity index (χ3v) is 15.2. The summed E-state index contributed by atoms with van der Waals surface area (Å²) >= 11 is 0. The van der Waals surface area contributed by atoms with Crippen molar-refractivity contribution in [3.8, 4) is 44.5 Å². The van der Waals surface area contributed by atoms with Gasteiger partial charge >= 0.3 is 6.85 Å². The molecule has 3 heteroatoms. The maximum absolute atomic E-state index is 2.78. The van der Waals surface area contributed by atoms with Crippen LogP contribution in [0.4, 0.5) is 28.4 Å². The highest BCUT2D eigenvalue weighted by molar-refractivity contribution is 6.94. The zero-order chi connectivity index (χ0) is 40.4. The Labute approximate surface area is 353 Å².